The van der Waals surface area contributed by atoms with Crippen LogP contribution >= 0.6 is 0 Å². The lowest BCUT2D eigenvalue weighted by Crippen LogP contribution is -2.50. The van der Waals surface area contributed by atoms with E-state index in [0.29, 0.717) is 5.41 Å². The Bertz CT molecular complexity index is 257. The van der Waals surface area contributed by atoms with Crippen molar-refractivity contribution in [1.82, 2.24) is 5.32 Å². The Balaban J connectivity index is 2.47. The normalized spacial score (nSPS) is 30.5. The van der Waals surface area contributed by atoms with Gasteiger partial charge in [0, 0.05) is 12.1 Å². The molecule has 1 aliphatic carbocycles. The molecular weight excluding hydrogens is 222 g/mol. The Morgan fingerprint density at radius 2 is 1.61 bits per heavy atom. The van der Waals surface area contributed by atoms with Gasteiger partial charge in [-0.25, -0.2) is 0 Å². The van der Waals surface area contributed by atoms with Gasteiger partial charge in [-0.3, -0.25) is 0 Å². The molecule has 2 heteroatoms. The number of hydrogen-bond acceptors (Lipinski definition) is 2. The number of aliphatic hydroxyl groups is 1. The van der Waals surface area contributed by atoms with E-state index in [9.17, 15) is 5.11 Å². The predicted octanol–water partition coefficient (Wildman–Crippen LogP) is 3.73. The SMILES string of the molecule is CCC(C)(C)C1CCC(O)(CNC(C)(C)C)CC1. The lowest BCUT2D eigenvalue weighted by atomic mass is 9.66. The van der Waals surface area contributed by atoms with Gasteiger partial charge in [0.25, 0.3) is 0 Å². The Morgan fingerprint density at radius 3 is 2.00 bits per heavy atom. The third-order valence-corrected chi connectivity index (χ3v) is 4.88. The molecule has 0 heterocycles. The van der Waals surface area contributed by atoms with Crippen molar-refractivity contribution >= 4 is 0 Å². The minimum Gasteiger partial charge on any atom is -0.389 e. The molecule has 0 amide bonds. The summed E-state index contributed by atoms with van der Waals surface area (Å²) in [4.78, 5) is 0. The molecule has 1 aliphatic rings. The van der Waals surface area contributed by atoms with Crippen LogP contribution in [0.25, 0.3) is 0 Å². The van der Waals surface area contributed by atoms with Crippen molar-refractivity contribution in [2.24, 2.45) is 11.3 Å². The summed E-state index contributed by atoms with van der Waals surface area (Å²) < 4.78 is 0. The lowest BCUT2D eigenvalue weighted by Gasteiger charge is -2.43. The molecule has 1 fully saturated rings. The van der Waals surface area contributed by atoms with Crippen LogP contribution in [0.4, 0.5) is 0 Å². The fourth-order valence-electron chi connectivity index (χ4n) is 2.83. The van der Waals surface area contributed by atoms with Crippen LogP contribution in [0.3, 0.4) is 0 Å². The molecule has 18 heavy (non-hydrogen) atoms. The molecule has 0 bridgehead atoms. The lowest BCUT2D eigenvalue weighted by molar-refractivity contribution is -0.0303. The maximum Gasteiger partial charge on any atom is 0.0772 e. The Hall–Kier alpha value is -0.0800. The van der Waals surface area contributed by atoms with Crippen LogP contribution in [0, 0.1) is 11.3 Å². The zero-order valence-corrected chi connectivity index (χ0v) is 13.3. The topological polar surface area (TPSA) is 32.3 Å². The van der Waals surface area contributed by atoms with Crippen molar-refractivity contribution in [2.75, 3.05) is 6.54 Å². The molecule has 0 spiro atoms. The number of rotatable bonds is 4. The van der Waals surface area contributed by atoms with Crippen LogP contribution in [-0.2, 0) is 0 Å². The Morgan fingerprint density at radius 1 is 1.11 bits per heavy atom. The summed E-state index contributed by atoms with van der Waals surface area (Å²) >= 11 is 0. The molecule has 1 rings (SSSR count). The first kappa shape index (κ1) is 16.0. The van der Waals surface area contributed by atoms with E-state index in [4.69, 9.17) is 0 Å². The first-order valence-electron chi connectivity index (χ1n) is 7.55. The van der Waals surface area contributed by atoms with Crippen molar-refractivity contribution in [3.05, 3.63) is 0 Å². The van der Waals surface area contributed by atoms with E-state index in [1.165, 1.54) is 19.3 Å². The van der Waals surface area contributed by atoms with E-state index in [-0.39, 0.29) is 5.54 Å². The van der Waals surface area contributed by atoms with Crippen LogP contribution in [-0.4, -0.2) is 22.8 Å². The summed E-state index contributed by atoms with van der Waals surface area (Å²) in [6, 6.07) is 0. The smallest absolute Gasteiger partial charge is 0.0772 e. The highest BCUT2D eigenvalue weighted by molar-refractivity contribution is 4.92. The fraction of sp³-hybridized carbons (Fsp3) is 1.00. The highest BCUT2D eigenvalue weighted by Crippen LogP contribution is 2.43. The maximum atomic E-state index is 10.6. The van der Waals surface area contributed by atoms with Crippen LogP contribution < -0.4 is 5.32 Å². The second-order valence-corrected chi connectivity index (χ2v) is 7.94. The molecule has 1 saturated carbocycles. The number of nitrogens with one attached hydrogen (secondary N) is 1. The van der Waals surface area contributed by atoms with E-state index in [0.717, 1.165) is 25.3 Å². The van der Waals surface area contributed by atoms with Gasteiger partial charge in [-0.2, -0.15) is 0 Å². The van der Waals surface area contributed by atoms with Crippen molar-refractivity contribution in [1.29, 1.82) is 0 Å². The summed E-state index contributed by atoms with van der Waals surface area (Å²) in [5.74, 6) is 0.775. The van der Waals surface area contributed by atoms with Crippen LogP contribution in [0.5, 0.6) is 0 Å². The van der Waals surface area contributed by atoms with E-state index < -0.39 is 5.60 Å². The molecule has 0 aliphatic heterocycles. The van der Waals surface area contributed by atoms with E-state index in [1.54, 1.807) is 0 Å². The van der Waals surface area contributed by atoms with Gasteiger partial charge in [0.1, 0.15) is 0 Å². The number of β-amino-alcohol motifs (C(OH)–C–C–N with tert-alkyl or cyclic N) is 1. The minimum atomic E-state index is -0.479. The third-order valence-electron chi connectivity index (χ3n) is 4.88. The first-order valence-corrected chi connectivity index (χ1v) is 7.55. The second kappa shape index (κ2) is 5.50. The summed E-state index contributed by atoms with van der Waals surface area (Å²) in [5.41, 5.74) is 0.0433. The molecule has 108 valence electrons. The van der Waals surface area contributed by atoms with Gasteiger partial charge in [-0.05, 0) is 57.8 Å². The van der Waals surface area contributed by atoms with Gasteiger partial charge < -0.3 is 10.4 Å². The highest BCUT2D eigenvalue weighted by Gasteiger charge is 2.38. The highest BCUT2D eigenvalue weighted by atomic mass is 16.3. The van der Waals surface area contributed by atoms with Gasteiger partial charge in [-0.1, -0.05) is 27.2 Å². The average Bonchev–Trinajstić information content (AvgIpc) is 2.26. The first-order chi connectivity index (χ1) is 8.08. The van der Waals surface area contributed by atoms with Crippen molar-refractivity contribution in [2.45, 2.75) is 84.8 Å². The molecule has 0 aromatic heterocycles. The van der Waals surface area contributed by atoms with E-state index in [2.05, 4.69) is 46.9 Å². The van der Waals surface area contributed by atoms with Gasteiger partial charge in [0.05, 0.1) is 5.60 Å². The largest absolute Gasteiger partial charge is 0.389 e. The predicted molar refractivity (Wildman–Crippen MR) is 78.7 cm³/mol. The minimum absolute atomic E-state index is 0.0925. The maximum absolute atomic E-state index is 10.6. The van der Waals surface area contributed by atoms with Crippen molar-refractivity contribution in [3.8, 4) is 0 Å². The van der Waals surface area contributed by atoms with Gasteiger partial charge in [-0.15, -0.1) is 0 Å². The van der Waals surface area contributed by atoms with Crippen LogP contribution in [0.2, 0.25) is 0 Å². The van der Waals surface area contributed by atoms with Gasteiger partial charge >= 0.3 is 0 Å². The quantitative estimate of drug-likeness (QED) is 0.802. The summed E-state index contributed by atoms with van der Waals surface area (Å²) in [6.45, 7) is 14.2. The molecule has 0 aromatic carbocycles. The second-order valence-electron chi connectivity index (χ2n) is 7.94. The number of hydrogen-bond donors (Lipinski definition) is 2. The molecule has 0 radical (unpaired) electrons. The molecule has 2 nitrogen and oxygen atoms in total. The Kier molecular flexibility index (Phi) is 4.88. The fourth-order valence-corrected chi connectivity index (χ4v) is 2.83. The van der Waals surface area contributed by atoms with Gasteiger partial charge in [0.2, 0.25) is 0 Å². The molecular formula is C16H33NO. The standard InChI is InChI=1S/C16H33NO/c1-7-15(5,6)13-8-10-16(18,11-9-13)12-17-14(2,3)4/h13,17-18H,7-12H2,1-6H3. The zero-order valence-electron chi connectivity index (χ0n) is 13.3. The third kappa shape index (κ3) is 4.55. The molecule has 0 aromatic rings. The van der Waals surface area contributed by atoms with E-state index >= 15 is 0 Å². The molecule has 0 saturated heterocycles. The van der Waals surface area contributed by atoms with E-state index in [1.807, 2.05) is 0 Å². The van der Waals surface area contributed by atoms with Crippen molar-refractivity contribution in [3.63, 3.8) is 0 Å². The summed E-state index contributed by atoms with van der Waals surface area (Å²) in [7, 11) is 0. The summed E-state index contributed by atoms with van der Waals surface area (Å²) in [6.07, 6.45) is 5.47. The Labute approximate surface area is 114 Å². The molecule has 0 unspecified atom stereocenters. The van der Waals surface area contributed by atoms with Crippen molar-refractivity contribution < 1.29 is 5.11 Å². The average molecular weight is 255 g/mol. The van der Waals surface area contributed by atoms with Crippen LogP contribution in [0.15, 0.2) is 0 Å². The van der Waals surface area contributed by atoms with Crippen LogP contribution in [0.1, 0.15) is 73.6 Å². The monoisotopic (exact) mass is 255 g/mol. The van der Waals surface area contributed by atoms with Gasteiger partial charge in [0.15, 0.2) is 0 Å². The molecule has 0 atom stereocenters. The summed E-state index contributed by atoms with van der Waals surface area (Å²) in [5, 5.41) is 14.1. The molecule has 2 N–H and O–H groups in total. The zero-order chi connectivity index (χ0) is 14.0.